The fourth-order valence-electron chi connectivity index (χ4n) is 3.71. The number of unbranched alkanes of at least 4 members (excludes halogenated alkanes) is 1. The Morgan fingerprint density at radius 1 is 1.08 bits per heavy atom. The Morgan fingerprint density at radius 2 is 1.94 bits per heavy atom. The van der Waals surface area contributed by atoms with Crippen LogP contribution in [0.1, 0.15) is 19.8 Å². The SMILES string of the molecule is CCCCOc1ccc(-c2cc3c4nnc(SCC(=O)Nc5cccc(SC)c5)n4ccn3n2)cc1. The third-order valence-electron chi connectivity index (χ3n) is 5.59. The number of nitrogens with one attached hydrogen (secondary N) is 1. The van der Waals surface area contributed by atoms with E-state index in [4.69, 9.17) is 9.84 Å². The first-order valence-corrected chi connectivity index (χ1v) is 13.9. The van der Waals surface area contributed by atoms with E-state index in [1.165, 1.54) is 11.8 Å². The summed E-state index contributed by atoms with van der Waals surface area (Å²) < 4.78 is 9.44. The largest absolute Gasteiger partial charge is 0.494 e. The second kappa shape index (κ2) is 11.0. The zero-order chi connectivity index (χ0) is 24.9. The van der Waals surface area contributed by atoms with Crippen LogP contribution in [0.15, 0.2) is 77.0 Å². The predicted octanol–water partition coefficient (Wildman–Crippen LogP) is 5.68. The van der Waals surface area contributed by atoms with Gasteiger partial charge in [-0.3, -0.25) is 9.20 Å². The van der Waals surface area contributed by atoms with E-state index in [-0.39, 0.29) is 11.7 Å². The Balaban J connectivity index is 1.29. The Kier molecular flexibility index (Phi) is 7.43. The molecule has 2 aromatic carbocycles. The van der Waals surface area contributed by atoms with E-state index in [0.717, 1.165) is 52.6 Å². The van der Waals surface area contributed by atoms with Crippen molar-refractivity contribution < 1.29 is 9.53 Å². The lowest BCUT2D eigenvalue weighted by molar-refractivity contribution is -0.113. The number of rotatable bonds is 10. The van der Waals surface area contributed by atoms with Crippen LogP contribution in [0.2, 0.25) is 0 Å². The molecule has 184 valence electrons. The van der Waals surface area contributed by atoms with Crippen LogP contribution in [-0.2, 0) is 4.79 Å². The first-order valence-electron chi connectivity index (χ1n) is 11.7. The molecule has 0 atom stereocenters. The molecule has 1 amide bonds. The first-order chi connectivity index (χ1) is 17.6. The van der Waals surface area contributed by atoms with Crippen molar-refractivity contribution in [3.63, 3.8) is 0 Å². The zero-order valence-electron chi connectivity index (χ0n) is 20.0. The highest BCUT2D eigenvalue weighted by Crippen LogP contribution is 2.26. The molecule has 3 heterocycles. The van der Waals surface area contributed by atoms with Crippen molar-refractivity contribution >= 4 is 46.3 Å². The van der Waals surface area contributed by atoms with Gasteiger partial charge < -0.3 is 10.1 Å². The minimum Gasteiger partial charge on any atom is -0.494 e. The average Bonchev–Trinajstić information content (AvgIpc) is 3.52. The number of ether oxygens (including phenoxy) is 1. The molecular weight excluding hydrogens is 492 g/mol. The summed E-state index contributed by atoms with van der Waals surface area (Å²) in [4.78, 5) is 13.6. The number of anilines is 1. The highest BCUT2D eigenvalue weighted by atomic mass is 32.2. The molecule has 0 saturated carbocycles. The van der Waals surface area contributed by atoms with Crippen LogP contribution in [0.5, 0.6) is 5.75 Å². The van der Waals surface area contributed by atoms with Gasteiger partial charge in [-0.1, -0.05) is 31.2 Å². The van der Waals surface area contributed by atoms with Crippen molar-refractivity contribution in [1.82, 2.24) is 24.2 Å². The van der Waals surface area contributed by atoms with Crippen molar-refractivity contribution in [3.8, 4) is 17.0 Å². The molecular formula is C26H26N6O2S2. The van der Waals surface area contributed by atoms with Crippen LogP contribution in [0.4, 0.5) is 5.69 Å². The first kappa shape index (κ1) is 24.2. The number of hydrogen-bond donors (Lipinski definition) is 1. The van der Waals surface area contributed by atoms with Crippen molar-refractivity contribution in [3.05, 3.63) is 67.0 Å². The summed E-state index contributed by atoms with van der Waals surface area (Å²) in [6.07, 6.45) is 7.89. The second-order valence-electron chi connectivity index (χ2n) is 8.13. The minimum absolute atomic E-state index is 0.0927. The van der Waals surface area contributed by atoms with Crippen LogP contribution >= 0.6 is 23.5 Å². The summed E-state index contributed by atoms with van der Waals surface area (Å²) in [6.45, 7) is 2.87. The number of carbonyl (C=O) groups excluding carboxylic acids is 1. The van der Waals surface area contributed by atoms with Gasteiger partial charge >= 0.3 is 0 Å². The molecule has 0 radical (unpaired) electrons. The van der Waals surface area contributed by atoms with Gasteiger partial charge in [-0.2, -0.15) is 5.10 Å². The number of aromatic nitrogens is 5. The number of amides is 1. The standard InChI is InChI=1S/C26H26N6O2S2/c1-3-4-14-34-20-10-8-18(9-11-20)22-16-23-25-28-29-26(31(25)12-13-32(23)30-22)36-17-24(33)27-19-6-5-7-21(15-19)35-2/h5-13,15-16H,3-4,14,17H2,1-2H3,(H,27,33). The monoisotopic (exact) mass is 518 g/mol. The van der Waals surface area contributed by atoms with Crippen LogP contribution in [0.25, 0.3) is 22.4 Å². The van der Waals surface area contributed by atoms with Gasteiger partial charge in [0.25, 0.3) is 0 Å². The van der Waals surface area contributed by atoms with Crippen molar-refractivity contribution in [1.29, 1.82) is 0 Å². The minimum atomic E-state index is -0.0927. The molecule has 1 N–H and O–H groups in total. The number of nitrogens with zero attached hydrogens (tertiary/aromatic N) is 5. The molecule has 0 aliphatic carbocycles. The summed E-state index contributed by atoms with van der Waals surface area (Å²) in [5.41, 5.74) is 4.15. The lowest BCUT2D eigenvalue weighted by Gasteiger charge is -2.06. The zero-order valence-corrected chi connectivity index (χ0v) is 21.7. The summed E-state index contributed by atoms with van der Waals surface area (Å²) in [5, 5.41) is 17.0. The van der Waals surface area contributed by atoms with Gasteiger partial charge in [0.1, 0.15) is 11.3 Å². The van der Waals surface area contributed by atoms with Crippen LogP contribution < -0.4 is 10.1 Å². The quantitative estimate of drug-likeness (QED) is 0.188. The lowest BCUT2D eigenvalue weighted by atomic mass is 10.1. The number of carbonyl (C=O) groups is 1. The van der Waals surface area contributed by atoms with E-state index in [2.05, 4.69) is 22.4 Å². The molecule has 0 fully saturated rings. The fourth-order valence-corrected chi connectivity index (χ4v) is 4.89. The molecule has 0 aliphatic rings. The smallest absolute Gasteiger partial charge is 0.234 e. The Morgan fingerprint density at radius 3 is 2.75 bits per heavy atom. The molecule has 10 heteroatoms. The van der Waals surface area contributed by atoms with Gasteiger partial charge in [-0.25, -0.2) is 4.52 Å². The van der Waals surface area contributed by atoms with E-state index < -0.39 is 0 Å². The predicted molar refractivity (Wildman–Crippen MR) is 145 cm³/mol. The molecule has 0 unspecified atom stereocenters. The number of hydrogen-bond acceptors (Lipinski definition) is 7. The average molecular weight is 519 g/mol. The van der Waals surface area contributed by atoms with Crippen LogP contribution in [0, 0.1) is 0 Å². The third-order valence-corrected chi connectivity index (χ3v) is 7.26. The summed E-state index contributed by atoms with van der Waals surface area (Å²) >= 11 is 2.98. The lowest BCUT2D eigenvalue weighted by Crippen LogP contribution is -2.14. The van der Waals surface area contributed by atoms with Gasteiger partial charge in [0.05, 0.1) is 18.1 Å². The highest BCUT2D eigenvalue weighted by Gasteiger charge is 2.14. The van der Waals surface area contributed by atoms with Crippen LogP contribution in [0.3, 0.4) is 0 Å². The molecule has 0 aliphatic heterocycles. The Labute approximate surface area is 217 Å². The second-order valence-corrected chi connectivity index (χ2v) is 9.95. The maximum absolute atomic E-state index is 12.5. The highest BCUT2D eigenvalue weighted by molar-refractivity contribution is 7.99. The van der Waals surface area contributed by atoms with Gasteiger partial charge in [-0.15, -0.1) is 22.0 Å². The Hall–Kier alpha value is -3.50. The maximum atomic E-state index is 12.5. The number of benzene rings is 2. The Bertz CT molecular complexity index is 1500. The van der Waals surface area contributed by atoms with Crippen molar-refractivity contribution in [2.45, 2.75) is 29.8 Å². The van der Waals surface area contributed by atoms with E-state index in [0.29, 0.717) is 10.8 Å². The number of fused-ring (bicyclic) bond motifs is 3. The fraction of sp³-hybridized carbons (Fsp3) is 0.231. The van der Waals surface area contributed by atoms with E-state index in [1.807, 2.05) is 77.6 Å². The molecule has 0 bridgehead atoms. The molecule has 0 saturated heterocycles. The van der Waals surface area contributed by atoms with E-state index in [1.54, 1.807) is 16.3 Å². The van der Waals surface area contributed by atoms with E-state index in [9.17, 15) is 4.79 Å². The van der Waals surface area contributed by atoms with Gasteiger partial charge in [-0.05, 0) is 61.2 Å². The van der Waals surface area contributed by atoms with Crippen molar-refractivity contribution in [2.24, 2.45) is 0 Å². The molecule has 5 rings (SSSR count). The van der Waals surface area contributed by atoms with Gasteiger partial charge in [0.15, 0.2) is 10.8 Å². The van der Waals surface area contributed by atoms with Crippen LogP contribution in [-0.4, -0.2) is 48.7 Å². The molecule has 5 aromatic rings. The summed E-state index contributed by atoms with van der Waals surface area (Å²) in [7, 11) is 0. The third kappa shape index (κ3) is 5.34. The summed E-state index contributed by atoms with van der Waals surface area (Å²) in [6, 6.07) is 17.8. The molecule has 3 aromatic heterocycles. The number of thioether (sulfide) groups is 2. The normalized spacial score (nSPS) is 11.3. The maximum Gasteiger partial charge on any atom is 0.234 e. The van der Waals surface area contributed by atoms with Gasteiger partial charge in [0, 0.05) is 28.5 Å². The molecule has 0 spiro atoms. The summed E-state index contributed by atoms with van der Waals surface area (Å²) in [5.74, 6) is 0.996. The van der Waals surface area contributed by atoms with Gasteiger partial charge in [0.2, 0.25) is 5.91 Å². The van der Waals surface area contributed by atoms with E-state index >= 15 is 0 Å². The molecule has 8 nitrogen and oxygen atoms in total. The van der Waals surface area contributed by atoms with Crippen molar-refractivity contribution in [2.75, 3.05) is 23.9 Å². The topological polar surface area (TPSA) is 85.8 Å². The molecule has 36 heavy (non-hydrogen) atoms.